The standard InChI is InChI=1S/C14H19F2NO/c1-4-5-17-8-11-6-12(15)14(13(16)7-11)18-9-10(2)3/h6-7,17H,2,4-5,8-9H2,1,3H3. The van der Waals surface area contributed by atoms with Crippen molar-refractivity contribution in [2.75, 3.05) is 13.2 Å². The number of benzene rings is 1. The van der Waals surface area contributed by atoms with Crippen LogP contribution in [-0.2, 0) is 6.54 Å². The molecule has 0 radical (unpaired) electrons. The number of rotatable bonds is 7. The van der Waals surface area contributed by atoms with E-state index in [-0.39, 0.29) is 12.4 Å². The van der Waals surface area contributed by atoms with Gasteiger partial charge in [0.2, 0.25) is 0 Å². The van der Waals surface area contributed by atoms with Gasteiger partial charge in [0, 0.05) is 6.54 Å². The summed E-state index contributed by atoms with van der Waals surface area (Å²) in [6.07, 6.45) is 0.977. The molecule has 0 aromatic heterocycles. The van der Waals surface area contributed by atoms with Gasteiger partial charge in [-0.2, -0.15) is 0 Å². The maximum absolute atomic E-state index is 13.6. The fourth-order valence-electron chi connectivity index (χ4n) is 1.46. The normalized spacial score (nSPS) is 10.4. The van der Waals surface area contributed by atoms with Gasteiger partial charge in [-0.3, -0.25) is 0 Å². The molecule has 1 N–H and O–H groups in total. The second-order valence-electron chi connectivity index (χ2n) is 4.31. The average Bonchev–Trinajstić information content (AvgIpc) is 2.28. The largest absolute Gasteiger partial charge is 0.483 e. The molecule has 100 valence electrons. The van der Waals surface area contributed by atoms with Crippen LogP contribution in [0.3, 0.4) is 0 Å². The highest BCUT2D eigenvalue weighted by Gasteiger charge is 2.12. The molecule has 1 aromatic rings. The molecular formula is C14H19F2NO. The van der Waals surface area contributed by atoms with E-state index in [1.807, 2.05) is 6.92 Å². The molecular weight excluding hydrogens is 236 g/mol. The maximum Gasteiger partial charge on any atom is 0.191 e. The molecule has 1 aromatic carbocycles. The van der Waals surface area contributed by atoms with Crippen molar-refractivity contribution >= 4 is 0 Å². The van der Waals surface area contributed by atoms with Crippen LogP contribution in [0.4, 0.5) is 8.78 Å². The van der Waals surface area contributed by atoms with Gasteiger partial charge in [0.05, 0.1) is 0 Å². The SMILES string of the molecule is C=C(C)COc1c(F)cc(CNCCC)cc1F. The van der Waals surface area contributed by atoms with E-state index in [9.17, 15) is 8.78 Å². The minimum Gasteiger partial charge on any atom is -0.483 e. The molecule has 0 aliphatic heterocycles. The Bertz CT molecular complexity index is 395. The fraction of sp³-hybridized carbons (Fsp3) is 0.429. The second kappa shape index (κ2) is 7.11. The summed E-state index contributed by atoms with van der Waals surface area (Å²) in [6, 6.07) is 2.58. The first-order valence-electron chi connectivity index (χ1n) is 6.00. The lowest BCUT2D eigenvalue weighted by molar-refractivity contribution is 0.312. The fourth-order valence-corrected chi connectivity index (χ4v) is 1.46. The van der Waals surface area contributed by atoms with Crippen LogP contribution in [0.1, 0.15) is 25.8 Å². The number of nitrogens with one attached hydrogen (secondary N) is 1. The zero-order chi connectivity index (χ0) is 13.5. The molecule has 2 nitrogen and oxygen atoms in total. The third kappa shape index (κ3) is 4.45. The third-order valence-electron chi connectivity index (χ3n) is 2.28. The molecule has 0 spiro atoms. The van der Waals surface area contributed by atoms with Gasteiger partial charge >= 0.3 is 0 Å². The number of hydrogen-bond acceptors (Lipinski definition) is 2. The summed E-state index contributed by atoms with van der Waals surface area (Å²) in [5.74, 6) is -1.69. The van der Waals surface area contributed by atoms with Crippen LogP contribution in [0, 0.1) is 11.6 Å². The highest BCUT2D eigenvalue weighted by atomic mass is 19.1. The van der Waals surface area contributed by atoms with E-state index in [1.165, 1.54) is 12.1 Å². The average molecular weight is 255 g/mol. The summed E-state index contributed by atoms with van der Waals surface area (Å²) < 4.78 is 32.3. The van der Waals surface area contributed by atoms with E-state index in [0.717, 1.165) is 13.0 Å². The zero-order valence-electron chi connectivity index (χ0n) is 10.9. The van der Waals surface area contributed by atoms with Gasteiger partial charge in [-0.1, -0.05) is 13.5 Å². The van der Waals surface area contributed by atoms with E-state index in [2.05, 4.69) is 11.9 Å². The van der Waals surface area contributed by atoms with Gasteiger partial charge < -0.3 is 10.1 Å². The molecule has 0 heterocycles. The van der Waals surface area contributed by atoms with Crippen LogP contribution in [0.15, 0.2) is 24.3 Å². The van der Waals surface area contributed by atoms with Crippen LogP contribution in [0.25, 0.3) is 0 Å². The van der Waals surface area contributed by atoms with Crippen LogP contribution in [-0.4, -0.2) is 13.2 Å². The topological polar surface area (TPSA) is 21.3 Å². The van der Waals surface area contributed by atoms with Gasteiger partial charge in [0.15, 0.2) is 17.4 Å². The second-order valence-corrected chi connectivity index (χ2v) is 4.31. The first kappa shape index (κ1) is 14.6. The van der Waals surface area contributed by atoms with E-state index < -0.39 is 11.6 Å². The molecule has 0 aliphatic carbocycles. The molecule has 1 rings (SSSR count). The number of halogens is 2. The van der Waals surface area contributed by atoms with Crippen molar-refractivity contribution in [2.24, 2.45) is 0 Å². The summed E-state index contributed by atoms with van der Waals surface area (Å²) in [5.41, 5.74) is 1.28. The summed E-state index contributed by atoms with van der Waals surface area (Å²) in [4.78, 5) is 0. The van der Waals surface area contributed by atoms with Crippen molar-refractivity contribution in [3.8, 4) is 5.75 Å². The van der Waals surface area contributed by atoms with Crippen molar-refractivity contribution in [2.45, 2.75) is 26.8 Å². The molecule has 4 heteroatoms. The maximum atomic E-state index is 13.6. The van der Waals surface area contributed by atoms with E-state index in [0.29, 0.717) is 17.7 Å². The highest BCUT2D eigenvalue weighted by molar-refractivity contribution is 5.31. The third-order valence-corrected chi connectivity index (χ3v) is 2.28. The van der Waals surface area contributed by atoms with Crippen LogP contribution in [0.2, 0.25) is 0 Å². The zero-order valence-corrected chi connectivity index (χ0v) is 10.9. The quantitative estimate of drug-likeness (QED) is 0.595. The molecule has 0 amide bonds. The Morgan fingerprint density at radius 1 is 1.33 bits per heavy atom. The summed E-state index contributed by atoms with van der Waals surface area (Å²) in [5, 5.41) is 3.09. The predicted octanol–water partition coefficient (Wildman–Crippen LogP) is 3.42. The van der Waals surface area contributed by atoms with Gasteiger partial charge in [-0.25, -0.2) is 8.78 Å². The molecule has 0 bridgehead atoms. The molecule has 0 fully saturated rings. The molecule has 0 saturated carbocycles. The molecule has 0 aliphatic rings. The van der Waals surface area contributed by atoms with Gasteiger partial charge in [0.1, 0.15) is 6.61 Å². The Hall–Kier alpha value is -1.42. The summed E-state index contributed by atoms with van der Waals surface area (Å²) in [7, 11) is 0. The van der Waals surface area contributed by atoms with E-state index >= 15 is 0 Å². The highest BCUT2D eigenvalue weighted by Crippen LogP contribution is 2.23. The number of ether oxygens (including phenoxy) is 1. The Kier molecular flexibility index (Phi) is 5.78. The van der Waals surface area contributed by atoms with Gasteiger partial charge in [0.25, 0.3) is 0 Å². The lowest BCUT2D eigenvalue weighted by atomic mass is 10.2. The monoisotopic (exact) mass is 255 g/mol. The lowest BCUT2D eigenvalue weighted by Crippen LogP contribution is -2.14. The lowest BCUT2D eigenvalue weighted by Gasteiger charge is -2.10. The first-order chi connectivity index (χ1) is 8.54. The molecule has 18 heavy (non-hydrogen) atoms. The summed E-state index contributed by atoms with van der Waals surface area (Å²) in [6.45, 7) is 8.76. The van der Waals surface area contributed by atoms with Gasteiger partial charge in [-0.05, 0) is 43.2 Å². The smallest absolute Gasteiger partial charge is 0.191 e. The molecule has 0 unspecified atom stereocenters. The molecule has 0 atom stereocenters. The first-order valence-corrected chi connectivity index (χ1v) is 6.00. The van der Waals surface area contributed by atoms with E-state index in [1.54, 1.807) is 6.92 Å². The number of hydrogen-bond donors (Lipinski definition) is 1. The van der Waals surface area contributed by atoms with Crippen molar-refractivity contribution in [3.05, 3.63) is 41.5 Å². The van der Waals surface area contributed by atoms with Crippen molar-refractivity contribution in [1.82, 2.24) is 5.32 Å². The van der Waals surface area contributed by atoms with Crippen LogP contribution >= 0.6 is 0 Å². The Morgan fingerprint density at radius 3 is 2.44 bits per heavy atom. The van der Waals surface area contributed by atoms with E-state index in [4.69, 9.17) is 4.74 Å². The Balaban J connectivity index is 2.74. The van der Waals surface area contributed by atoms with Crippen molar-refractivity contribution < 1.29 is 13.5 Å². The summed E-state index contributed by atoms with van der Waals surface area (Å²) >= 11 is 0. The minimum atomic E-state index is -0.676. The van der Waals surface area contributed by atoms with Gasteiger partial charge in [-0.15, -0.1) is 0 Å². The Morgan fingerprint density at radius 2 is 1.94 bits per heavy atom. The molecule has 0 saturated heterocycles. The Labute approximate surface area is 107 Å². The van der Waals surface area contributed by atoms with Crippen molar-refractivity contribution in [1.29, 1.82) is 0 Å². The predicted molar refractivity (Wildman–Crippen MR) is 68.7 cm³/mol. The minimum absolute atomic E-state index is 0.112. The van der Waals surface area contributed by atoms with Crippen molar-refractivity contribution in [3.63, 3.8) is 0 Å². The van der Waals surface area contributed by atoms with Crippen LogP contribution in [0.5, 0.6) is 5.75 Å². The van der Waals surface area contributed by atoms with Crippen LogP contribution < -0.4 is 10.1 Å².